The van der Waals surface area contributed by atoms with Gasteiger partial charge >= 0.3 is 0 Å². The summed E-state index contributed by atoms with van der Waals surface area (Å²) in [6.07, 6.45) is 1.64. The summed E-state index contributed by atoms with van der Waals surface area (Å²) in [5.74, 6) is 1.58. The van der Waals surface area contributed by atoms with Crippen LogP contribution >= 0.6 is 0 Å². The number of rotatable bonds is 2. The van der Waals surface area contributed by atoms with Crippen molar-refractivity contribution in [1.82, 2.24) is 0 Å². The Morgan fingerprint density at radius 3 is 1.91 bits per heavy atom. The Hall–Kier alpha value is -2.94. The highest BCUT2D eigenvalue weighted by atomic mass is 16.3. The van der Waals surface area contributed by atoms with E-state index in [1.807, 2.05) is 43.3 Å². The predicted octanol–water partition coefficient (Wildman–Crippen LogP) is 4.44. The quantitative estimate of drug-likeness (QED) is 0.396. The molecule has 0 fully saturated rings. The number of hydrogen-bond donors (Lipinski definition) is 0. The van der Waals surface area contributed by atoms with Gasteiger partial charge in [0.15, 0.2) is 0 Å². The van der Waals surface area contributed by atoms with E-state index in [9.17, 15) is 0 Å². The van der Waals surface area contributed by atoms with Gasteiger partial charge in [-0.2, -0.15) is 5.10 Å². The molecule has 3 heteroatoms. The minimum Gasteiger partial charge on any atom is -0.460 e. The summed E-state index contributed by atoms with van der Waals surface area (Å²) in [5.41, 5.74) is 5.57. The highest BCUT2D eigenvalue weighted by molar-refractivity contribution is 6.24. The van der Waals surface area contributed by atoms with Crippen LogP contribution in [0.25, 0.3) is 11.1 Å². The summed E-state index contributed by atoms with van der Waals surface area (Å²) in [4.78, 5) is 0. The molecule has 0 N–H and O–H groups in total. The number of nitrogens with zero attached hydrogens (tertiary/aromatic N) is 2. The van der Waals surface area contributed by atoms with Gasteiger partial charge in [-0.1, -0.05) is 48.5 Å². The van der Waals surface area contributed by atoms with Crippen LogP contribution in [0.15, 0.2) is 75.3 Å². The summed E-state index contributed by atoms with van der Waals surface area (Å²) in [6.45, 7) is 1.91. The van der Waals surface area contributed by atoms with Gasteiger partial charge in [0.25, 0.3) is 0 Å². The van der Waals surface area contributed by atoms with Crippen LogP contribution in [0.5, 0.6) is 0 Å². The largest absolute Gasteiger partial charge is 0.460 e. The van der Waals surface area contributed by atoms with Crippen molar-refractivity contribution < 1.29 is 4.42 Å². The van der Waals surface area contributed by atoms with E-state index in [0.717, 1.165) is 22.6 Å². The summed E-state index contributed by atoms with van der Waals surface area (Å²) in [7, 11) is 0. The Bertz CT molecular complexity index is 856. The molecule has 106 valence electrons. The molecule has 0 radical (unpaired) electrons. The van der Waals surface area contributed by atoms with E-state index in [-0.39, 0.29) is 0 Å². The maximum Gasteiger partial charge on any atom is 0.147 e. The number of benzene rings is 2. The van der Waals surface area contributed by atoms with E-state index >= 15 is 0 Å². The van der Waals surface area contributed by atoms with Crippen molar-refractivity contribution in [2.45, 2.75) is 6.92 Å². The molecule has 2 aromatic carbocycles. The standard InChI is InChI=1S/C19H14N2O/c1-13-10-11-14(22-13)12-20-21-19-17-8-4-2-6-15(17)16-7-3-5-9-18(16)19/h2-12H,1H3/b20-12-. The van der Waals surface area contributed by atoms with Crippen molar-refractivity contribution in [3.8, 4) is 11.1 Å². The minimum atomic E-state index is 0.710. The van der Waals surface area contributed by atoms with E-state index in [1.54, 1.807) is 6.21 Å². The van der Waals surface area contributed by atoms with Crippen LogP contribution in [0.4, 0.5) is 0 Å². The monoisotopic (exact) mass is 286 g/mol. The Morgan fingerprint density at radius 2 is 1.36 bits per heavy atom. The van der Waals surface area contributed by atoms with Crippen molar-refractivity contribution in [1.29, 1.82) is 0 Å². The van der Waals surface area contributed by atoms with Crippen molar-refractivity contribution in [2.24, 2.45) is 10.2 Å². The molecule has 1 aromatic heterocycles. The van der Waals surface area contributed by atoms with Crippen LogP contribution in [0.2, 0.25) is 0 Å². The number of aryl methyl sites for hydroxylation is 1. The first-order chi connectivity index (χ1) is 10.8. The lowest BCUT2D eigenvalue weighted by Crippen LogP contribution is -1.96. The molecular weight excluding hydrogens is 272 g/mol. The van der Waals surface area contributed by atoms with Crippen LogP contribution in [-0.2, 0) is 0 Å². The van der Waals surface area contributed by atoms with E-state index in [1.165, 1.54) is 11.1 Å². The summed E-state index contributed by atoms with van der Waals surface area (Å²) < 4.78 is 5.47. The second-order valence-corrected chi connectivity index (χ2v) is 5.23. The van der Waals surface area contributed by atoms with E-state index < -0.39 is 0 Å². The molecule has 0 aliphatic heterocycles. The minimum absolute atomic E-state index is 0.710. The van der Waals surface area contributed by atoms with Gasteiger partial charge in [0.05, 0.1) is 6.21 Å². The number of furan rings is 1. The van der Waals surface area contributed by atoms with Gasteiger partial charge in [-0.3, -0.25) is 0 Å². The first-order valence-corrected chi connectivity index (χ1v) is 7.19. The second-order valence-electron chi connectivity index (χ2n) is 5.23. The molecule has 1 aliphatic carbocycles. The Morgan fingerprint density at radius 1 is 0.773 bits per heavy atom. The maximum absolute atomic E-state index is 5.47. The van der Waals surface area contributed by atoms with Gasteiger partial charge in [0.1, 0.15) is 17.2 Å². The summed E-state index contributed by atoms with van der Waals surface area (Å²) in [5, 5.41) is 8.64. The highest BCUT2D eigenvalue weighted by Gasteiger charge is 2.23. The van der Waals surface area contributed by atoms with E-state index in [4.69, 9.17) is 4.42 Å². The normalized spacial score (nSPS) is 12.5. The number of hydrogen-bond acceptors (Lipinski definition) is 3. The third-order valence-corrected chi connectivity index (χ3v) is 3.76. The highest BCUT2D eigenvalue weighted by Crippen LogP contribution is 2.36. The van der Waals surface area contributed by atoms with Crippen molar-refractivity contribution >= 4 is 11.9 Å². The third-order valence-electron chi connectivity index (χ3n) is 3.76. The Kier molecular flexibility index (Phi) is 2.97. The Labute approximate surface area is 128 Å². The molecule has 0 unspecified atom stereocenters. The molecule has 22 heavy (non-hydrogen) atoms. The third kappa shape index (κ3) is 2.07. The fraction of sp³-hybridized carbons (Fsp3) is 0.0526. The molecule has 3 aromatic rings. The average molecular weight is 286 g/mol. The van der Waals surface area contributed by atoms with Crippen molar-refractivity contribution in [3.63, 3.8) is 0 Å². The van der Waals surface area contributed by atoms with Gasteiger partial charge in [-0.25, -0.2) is 0 Å². The SMILES string of the molecule is Cc1ccc(/C=N\N=C2c3ccccc3-c3ccccc32)o1. The average Bonchev–Trinajstić information content (AvgIpc) is 3.10. The lowest BCUT2D eigenvalue weighted by atomic mass is 10.1. The summed E-state index contributed by atoms with van der Waals surface area (Å²) >= 11 is 0. The molecule has 3 nitrogen and oxygen atoms in total. The molecule has 1 aliphatic rings. The van der Waals surface area contributed by atoms with Gasteiger partial charge in [0, 0.05) is 11.1 Å². The van der Waals surface area contributed by atoms with Gasteiger partial charge in [-0.05, 0) is 30.2 Å². The zero-order chi connectivity index (χ0) is 14.9. The zero-order valence-electron chi connectivity index (χ0n) is 12.2. The van der Waals surface area contributed by atoms with Crippen LogP contribution in [0.3, 0.4) is 0 Å². The lowest BCUT2D eigenvalue weighted by Gasteiger charge is -1.97. The van der Waals surface area contributed by atoms with Crippen LogP contribution in [0.1, 0.15) is 22.6 Å². The first-order valence-electron chi connectivity index (χ1n) is 7.19. The second kappa shape index (κ2) is 5.11. The summed E-state index contributed by atoms with van der Waals surface area (Å²) in [6, 6.07) is 20.4. The van der Waals surface area contributed by atoms with Crippen LogP contribution in [-0.4, -0.2) is 11.9 Å². The Balaban J connectivity index is 1.78. The fourth-order valence-corrected chi connectivity index (χ4v) is 2.77. The number of fused-ring (bicyclic) bond motifs is 3. The molecule has 0 amide bonds. The molecule has 0 saturated carbocycles. The fourth-order valence-electron chi connectivity index (χ4n) is 2.77. The van der Waals surface area contributed by atoms with Gasteiger partial charge in [0.2, 0.25) is 0 Å². The molecule has 0 spiro atoms. The van der Waals surface area contributed by atoms with Gasteiger partial charge < -0.3 is 4.42 Å². The molecule has 1 heterocycles. The molecule has 0 bridgehead atoms. The van der Waals surface area contributed by atoms with Gasteiger partial charge in [-0.15, -0.1) is 5.10 Å². The molecule has 4 rings (SSSR count). The van der Waals surface area contributed by atoms with E-state index in [2.05, 4.69) is 34.5 Å². The molecule has 0 saturated heterocycles. The smallest absolute Gasteiger partial charge is 0.147 e. The lowest BCUT2D eigenvalue weighted by molar-refractivity contribution is 0.528. The molecular formula is C19H14N2O. The topological polar surface area (TPSA) is 37.9 Å². The predicted molar refractivity (Wildman–Crippen MR) is 88.6 cm³/mol. The first kappa shape index (κ1) is 12.8. The van der Waals surface area contributed by atoms with Crippen molar-refractivity contribution in [3.05, 3.63) is 83.3 Å². The maximum atomic E-state index is 5.47. The van der Waals surface area contributed by atoms with E-state index in [0.29, 0.717) is 5.76 Å². The van der Waals surface area contributed by atoms with Crippen LogP contribution in [0, 0.1) is 6.92 Å². The van der Waals surface area contributed by atoms with Crippen LogP contribution < -0.4 is 0 Å². The molecule has 0 atom stereocenters. The van der Waals surface area contributed by atoms with Crippen molar-refractivity contribution in [2.75, 3.05) is 0 Å². The zero-order valence-corrected chi connectivity index (χ0v) is 12.2.